The van der Waals surface area contributed by atoms with Gasteiger partial charge < -0.3 is 64.2 Å². The predicted octanol–water partition coefficient (Wildman–Crippen LogP) is 10.3. The number of aliphatic hydroxyl groups is 7. The second-order valence-corrected chi connectivity index (χ2v) is 21.2. The van der Waals surface area contributed by atoms with Crippen molar-refractivity contribution in [1.82, 2.24) is 0 Å². The van der Waals surface area contributed by atoms with Crippen LogP contribution in [0.25, 0.3) is 0 Å². The average Bonchev–Trinajstić information content (AvgIpc) is 3.39. The highest BCUT2D eigenvalue weighted by molar-refractivity contribution is 5.70. The number of esters is 2. The van der Waals surface area contributed by atoms with Crippen molar-refractivity contribution in [2.24, 2.45) is 0 Å². The molecule has 11 unspecified atom stereocenters. The van der Waals surface area contributed by atoms with Gasteiger partial charge in [-0.1, -0.05) is 212 Å². The van der Waals surface area contributed by atoms with Gasteiger partial charge in [-0.05, 0) is 44.9 Å². The third-order valence-electron chi connectivity index (χ3n) is 14.4. The van der Waals surface area contributed by atoms with Crippen LogP contribution in [-0.2, 0) is 38.0 Å². The molecule has 2 aliphatic heterocycles. The normalized spacial score (nSPS) is 24.8. The molecule has 0 aromatic rings. The molecule has 0 bridgehead atoms. The van der Waals surface area contributed by atoms with Crippen LogP contribution in [-0.4, -0.2) is 142 Å². The number of allylic oxidation sites excluding steroid dienone is 4. The van der Waals surface area contributed by atoms with E-state index in [9.17, 15) is 45.3 Å². The van der Waals surface area contributed by atoms with E-state index in [2.05, 4.69) is 38.2 Å². The zero-order chi connectivity index (χ0) is 53.9. The fraction of sp³-hybridized carbons (Fsp3) is 0.898. The fourth-order valence-corrected chi connectivity index (χ4v) is 9.54. The number of rotatable bonds is 48. The summed E-state index contributed by atoms with van der Waals surface area (Å²) in [5, 5.41) is 72.3. The molecule has 0 saturated carbocycles. The monoisotopic (exact) mass is 1060 g/mol. The predicted molar refractivity (Wildman–Crippen MR) is 289 cm³/mol. The summed E-state index contributed by atoms with van der Waals surface area (Å²) in [6.45, 7) is 2.61. The van der Waals surface area contributed by atoms with Crippen LogP contribution in [0.4, 0.5) is 0 Å². The maximum atomic E-state index is 13.1. The van der Waals surface area contributed by atoms with E-state index in [1.807, 2.05) is 0 Å². The van der Waals surface area contributed by atoms with E-state index in [-0.39, 0.29) is 26.1 Å². The van der Waals surface area contributed by atoms with Crippen LogP contribution in [0, 0.1) is 0 Å². The van der Waals surface area contributed by atoms with Crippen molar-refractivity contribution >= 4 is 11.9 Å². The molecule has 0 aromatic carbocycles. The molecule has 0 amide bonds. The summed E-state index contributed by atoms with van der Waals surface area (Å²) in [5.74, 6) is -0.928. The lowest BCUT2D eigenvalue weighted by atomic mass is 9.98. The van der Waals surface area contributed by atoms with Gasteiger partial charge in [-0.25, -0.2) is 0 Å². The van der Waals surface area contributed by atoms with Crippen molar-refractivity contribution < 1.29 is 73.8 Å². The zero-order valence-corrected chi connectivity index (χ0v) is 46.3. The van der Waals surface area contributed by atoms with Crippen molar-refractivity contribution in [3.8, 4) is 0 Å². The lowest BCUT2D eigenvalue weighted by molar-refractivity contribution is -0.332. The molecule has 434 valence electrons. The number of carbonyl (C=O) groups excluding carboxylic acids is 2. The van der Waals surface area contributed by atoms with E-state index < -0.39 is 92.7 Å². The highest BCUT2D eigenvalue weighted by Gasteiger charge is 2.47. The molecule has 2 rings (SSSR count). The number of hydrogen-bond donors (Lipinski definition) is 7. The molecule has 0 spiro atoms. The van der Waals surface area contributed by atoms with E-state index in [1.54, 1.807) is 0 Å². The molecule has 7 N–H and O–H groups in total. The second-order valence-electron chi connectivity index (χ2n) is 21.2. The van der Waals surface area contributed by atoms with Crippen LogP contribution < -0.4 is 0 Å². The Balaban J connectivity index is 1.73. The first-order valence-electron chi connectivity index (χ1n) is 29.9. The summed E-state index contributed by atoms with van der Waals surface area (Å²) in [7, 11) is 0. The van der Waals surface area contributed by atoms with Gasteiger partial charge in [-0.3, -0.25) is 9.59 Å². The Labute approximate surface area is 447 Å². The Bertz CT molecular complexity index is 1380. The summed E-state index contributed by atoms with van der Waals surface area (Å²) in [4.78, 5) is 25.9. The minimum Gasteiger partial charge on any atom is -0.462 e. The summed E-state index contributed by atoms with van der Waals surface area (Å²) in [5.41, 5.74) is 0. The molecule has 0 aromatic heterocycles. The van der Waals surface area contributed by atoms with Crippen molar-refractivity contribution in [2.75, 3.05) is 26.4 Å². The molecule has 0 radical (unpaired) electrons. The summed E-state index contributed by atoms with van der Waals surface area (Å²) in [6.07, 6.45) is 33.4. The van der Waals surface area contributed by atoms with E-state index in [1.165, 1.54) is 141 Å². The lowest BCUT2D eigenvalue weighted by Crippen LogP contribution is -2.61. The van der Waals surface area contributed by atoms with Crippen LogP contribution in [0.5, 0.6) is 0 Å². The Hall–Kier alpha value is -2.02. The van der Waals surface area contributed by atoms with Crippen molar-refractivity contribution in [2.45, 2.75) is 313 Å². The molecule has 2 saturated heterocycles. The Kier molecular flexibility index (Phi) is 42.3. The minimum atomic E-state index is -1.77. The molecular formula is C59H108O15. The van der Waals surface area contributed by atoms with Crippen molar-refractivity contribution in [3.05, 3.63) is 24.3 Å². The second kappa shape index (κ2) is 45.9. The maximum absolute atomic E-state index is 13.1. The van der Waals surface area contributed by atoms with Gasteiger partial charge >= 0.3 is 11.9 Å². The first kappa shape index (κ1) is 68.1. The van der Waals surface area contributed by atoms with Crippen LogP contribution >= 0.6 is 0 Å². The van der Waals surface area contributed by atoms with Crippen LogP contribution in [0.2, 0.25) is 0 Å². The van der Waals surface area contributed by atoms with Crippen molar-refractivity contribution in [1.29, 1.82) is 0 Å². The van der Waals surface area contributed by atoms with Gasteiger partial charge in [-0.2, -0.15) is 0 Å². The Morgan fingerprint density at radius 2 is 0.811 bits per heavy atom. The zero-order valence-electron chi connectivity index (χ0n) is 46.3. The highest BCUT2D eigenvalue weighted by atomic mass is 16.7. The molecule has 74 heavy (non-hydrogen) atoms. The van der Waals surface area contributed by atoms with Gasteiger partial charge in [0.05, 0.1) is 19.8 Å². The average molecular weight is 1060 g/mol. The first-order valence-corrected chi connectivity index (χ1v) is 29.9. The largest absolute Gasteiger partial charge is 0.462 e. The number of unbranched alkanes of at least 4 members (excludes halogenated alkanes) is 30. The van der Waals surface area contributed by atoms with Gasteiger partial charge in [0, 0.05) is 12.8 Å². The van der Waals surface area contributed by atoms with E-state index >= 15 is 0 Å². The third-order valence-corrected chi connectivity index (χ3v) is 14.4. The minimum absolute atomic E-state index is 0.152. The fourth-order valence-electron chi connectivity index (χ4n) is 9.54. The molecule has 2 fully saturated rings. The topological polar surface area (TPSA) is 231 Å². The van der Waals surface area contributed by atoms with Crippen LogP contribution in [0.3, 0.4) is 0 Å². The van der Waals surface area contributed by atoms with Gasteiger partial charge in [0.1, 0.15) is 55.4 Å². The Morgan fingerprint density at radius 3 is 1.27 bits per heavy atom. The molecule has 15 nitrogen and oxygen atoms in total. The molecule has 2 heterocycles. The van der Waals surface area contributed by atoms with Gasteiger partial charge in [-0.15, -0.1) is 0 Å². The van der Waals surface area contributed by atoms with E-state index in [0.717, 1.165) is 64.2 Å². The van der Waals surface area contributed by atoms with E-state index in [0.29, 0.717) is 12.8 Å². The standard InChI is InChI=1S/C59H108O15/c1-3-5-7-9-11-13-15-17-19-21-22-23-24-25-26-28-29-31-33-35-37-39-41-50(61)69-44-47(72-51(62)42-40-38-36-34-32-30-27-20-18-16-14-12-10-8-6-4-2)45-70-58-57(68)55(66)53(64)49(74-58)46-71-59-56(67)54(65)52(63)48(43-60)73-59/h14,16,20,27,47-49,52-60,63-68H,3-13,15,17-19,21-26,28-46H2,1-2H3/b16-14-,27-20-. The lowest BCUT2D eigenvalue weighted by Gasteiger charge is -2.42. The van der Waals surface area contributed by atoms with Crippen LogP contribution in [0.15, 0.2) is 24.3 Å². The van der Waals surface area contributed by atoms with Crippen LogP contribution in [0.1, 0.15) is 245 Å². The summed E-state index contributed by atoms with van der Waals surface area (Å²) in [6, 6.07) is 0. The number of aliphatic hydroxyl groups excluding tert-OH is 7. The smallest absolute Gasteiger partial charge is 0.306 e. The van der Waals surface area contributed by atoms with Gasteiger partial charge in [0.15, 0.2) is 18.7 Å². The SMILES string of the molecule is CCCCCC/C=C\C/C=C\CCCCCCCC(=O)OC(COC(=O)CCCCCCCCCCCCCCCCCCCCCCCC)COC1OC(COC2OC(CO)C(O)C(O)C2O)C(O)C(O)C1O. The Morgan fingerprint density at radius 1 is 0.432 bits per heavy atom. The maximum Gasteiger partial charge on any atom is 0.306 e. The quantitative estimate of drug-likeness (QED) is 0.0171. The van der Waals surface area contributed by atoms with Crippen molar-refractivity contribution in [3.63, 3.8) is 0 Å². The van der Waals surface area contributed by atoms with Gasteiger partial charge in [0.2, 0.25) is 0 Å². The molecule has 11 atom stereocenters. The highest BCUT2D eigenvalue weighted by Crippen LogP contribution is 2.27. The molecule has 15 heteroatoms. The third kappa shape index (κ3) is 32.7. The van der Waals surface area contributed by atoms with Gasteiger partial charge in [0.25, 0.3) is 0 Å². The molecule has 2 aliphatic rings. The number of ether oxygens (including phenoxy) is 6. The molecule has 0 aliphatic carbocycles. The summed E-state index contributed by atoms with van der Waals surface area (Å²) >= 11 is 0. The first-order chi connectivity index (χ1) is 36.0. The van der Waals surface area contributed by atoms with E-state index in [4.69, 9.17) is 28.4 Å². The number of hydrogen-bond acceptors (Lipinski definition) is 15. The summed E-state index contributed by atoms with van der Waals surface area (Å²) < 4.78 is 33.7. The molecular weight excluding hydrogens is 949 g/mol. The number of carbonyl (C=O) groups is 2.